The Morgan fingerprint density at radius 1 is 1.09 bits per heavy atom. The summed E-state index contributed by atoms with van der Waals surface area (Å²) in [5.41, 5.74) is 1.08. The van der Waals surface area contributed by atoms with Gasteiger partial charge in [0.2, 0.25) is 5.91 Å². The van der Waals surface area contributed by atoms with E-state index >= 15 is 0 Å². The third-order valence-corrected chi connectivity index (χ3v) is 5.52. The van der Waals surface area contributed by atoms with Crippen LogP contribution in [0.15, 0.2) is 6.33 Å². The van der Waals surface area contributed by atoms with Gasteiger partial charge < -0.3 is 15.1 Å². The monoisotopic (exact) mass is 315 g/mol. The third kappa shape index (κ3) is 2.75. The summed E-state index contributed by atoms with van der Waals surface area (Å²) < 4.78 is 0. The molecule has 1 N–H and O–H groups in total. The second kappa shape index (κ2) is 5.98. The molecule has 2 aliphatic carbocycles. The molecule has 1 aromatic heterocycles. The van der Waals surface area contributed by atoms with Gasteiger partial charge in [0.1, 0.15) is 18.0 Å². The lowest BCUT2D eigenvalue weighted by molar-refractivity contribution is -0.134. The molecule has 0 radical (unpaired) electrons. The molecule has 23 heavy (non-hydrogen) atoms. The van der Waals surface area contributed by atoms with Crippen LogP contribution < -0.4 is 10.2 Å². The summed E-state index contributed by atoms with van der Waals surface area (Å²) in [6.07, 6.45) is 10.1. The Labute approximate surface area is 137 Å². The number of nitrogens with zero attached hydrogens (tertiary/aromatic N) is 4. The van der Waals surface area contributed by atoms with Crippen LogP contribution in [0.3, 0.4) is 0 Å². The number of likely N-dealkylation sites (N-methyl/N-ethyl adjacent to an activating group) is 1. The molecular weight excluding hydrogens is 290 g/mol. The Balaban J connectivity index is 1.65. The number of amides is 1. The van der Waals surface area contributed by atoms with Crippen LogP contribution in [-0.4, -0.2) is 46.5 Å². The van der Waals surface area contributed by atoms with Crippen molar-refractivity contribution in [3.8, 4) is 0 Å². The fourth-order valence-corrected chi connectivity index (χ4v) is 3.92. The zero-order chi connectivity index (χ0) is 15.8. The molecule has 3 aliphatic rings. The summed E-state index contributed by atoms with van der Waals surface area (Å²) in [6, 6.07) is 0.914. The maximum Gasteiger partial charge on any atom is 0.242 e. The molecule has 2 fully saturated rings. The van der Waals surface area contributed by atoms with Gasteiger partial charge in [-0.05, 0) is 32.1 Å². The van der Waals surface area contributed by atoms with E-state index in [0.29, 0.717) is 25.2 Å². The Bertz CT molecular complexity index is 595. The van der Waals surface area contributed by atoms with Crippen molar-refractivity contribution in [3.05, 3.63) is 11.9 Å². The van der Waals surface area contributed by atoms with E-state index in [1.54, 1.807) is 6.33 Å². The fourth-order valence-electron chi connectivity index (χ4n) is 3.92. The molecule has 0 atom stereocenters. The highest BCUT2D eigenvalue weighted by Crippen LogP contribution is 2.34. The number of fused-ring (bicyclic) bond motifs is 1. The van der Waals surface area contributed by atoms with E-state index in [1.165, 1.54) is 32.1 Å². The first-order valence-electron chi connectivity index (χ1n) is 8.83. The Morgan fingerprint density at radius 2 is 1.87 bits per heavy atom. The van der Waals surface area contributed by atoms with Gasteiger partial charge in [-0.3, -0.25) is 4.79 Å². The largest absolute Gasteiger partial charge is 0.367 e. The van der Waals surface area contributed by atoms with Gasteiger partial charge in [0.15, 0.2) is 0 Å². The predicted molar refractivity (Wildman–Crippen MR) is 89.4 cm³/mol. The number of hydrogen-bond donors (Lipinski definition) is 1. The summed E-state index contributed by atoms with van der Waals surface area (Å²) in [6.45, 7) is 1.04. The summed E-state index contributed by atoms with van der Waals surface area (Å²) >= 11 is 0. The van der Waals surface area contributed by atoms with Gasteiger partial charge in [-0.15, -0.1) is 0 Å². The topological polar surface area (TPSA) is 61.4 Å². The second-order valence-electron chi connectivity index (χ2n) is 7.11. The van der Waals surface area contributed by atoms with E-state index in [2.05, 4.69) is 20.2 Å². The minimum Gasteiger partial charge on any atom is -0.367 e. The van der Waals surface area contributed by atoms with E-state index in [9.17, 15) is 4.79 Å². The van der Waals surface area contributed by atoms with Gasteiger partial charge in [-0.1, -0.05) is 12.8 Å². The van der Waals surface area contributed by atoms with Gasteiger partial charge in [0.05, 0.1) is 18.7 Å². The van der Waals surface area contributed by atoms with Gasteiger partial charge in [0.25, 0.3) is 0 Å². The number of nitrogens with one attached hydrogen (secondary N) is 1. The maximum absolute atomic E-state index is 12.6. The average molecular weight is 315 g/mol. The lowest BCUT2D eigenvalue weighted by Gasteiger charge is -2.37. The molecule has 2 saturated carbocycles. The van der Waals surface area contributed by atoms with Crippen LogP contribution in [0.2, 0.25) is 0 Å². The van der Waals surface area contributed by atoms with Crippen LogP contribution in [0, 0.1) is 0 Å². The fraction of sp³-hybridized carbons (Fsp3) is 0.706. The first-order valence-corrected chi connectivity index (χ1v) is 8.83. The number of carbonyl (C=O) groups is 1. The second-order valence-corrected chi connectivity index (χ2v) is 7.11. The molecule has 6 nitrogen and oxygen atoms in total. The van der Waals surface area contributed by atoms with Crippen LogP contribution in [0.5, 0.6) is 0 Å². The minimum absolute atomic E-state index is 0.210. The Kier molecular flexibility index (Phi) is 3.83. The van der Waals surface area contributed by atoms with Crippen molar-refractivity contribution in [2.45, 2.75) is 63.6 Å². The van der Waals surface area contributed by atoms with Gasteiger partial charge in [-0.25, -0.2) is 9.97 Å². The maximum atomic E-state index is 12.6. The molecule has 0 unspecified atom stereocenters. The van der Waals surface area contributed by atoms with Crippen molar-refractivity contribution in [1.29, 1.82) is 0 Å². The smallest absolute Gasteiger partial charge is 0.242 e. The quantitative estimate of drug-likeness (QED) is 0.926. The van der Waals surface area contributed by atoms with Crippen LogP contribution in [0.1, 0.15) is 50.5 Å². The van der Waals surface area contributed by atoms with Gasteiger partial charge in [0, 0.05) is 19.1 Å². The number of carbonyl (C=O) groups excluding carboxylic acids is 1. The lowest BCUT2D eigenvalue weighted by atomic mass is 9.91. The van der Waals surface area contributed by atoms with Crippen LogP contribution in [0.4, 0.5) is 11.6 Å². The average Bonchev–Trinajstić information content (AvgIpc) is 2.94. The van der Waals surface area contributed by atoms with Crippen molar-refractivity contribution >= 4 is 17.5 Å². The van der Waals surface area contributed by atoms with Gasteiger partial charge in [-0.2, -0.15) is 0 Å². The highest BCUT2D eigenvalue weighted by atomic mass is 16.2. The standard InChI is InChI=1S/C17H25N5O/c1-21-10-15(23)22(13-7-4-8-13)9-14-16(18-11-19-17(14)21)20-12-5-2-3-6-12/h11-13H,2-10H2,1H3,(H,18,19,20). The molecule has 4 rings (SSSR count). The summed E-state index contributed by atoms with van der Waals surface area (Å²) in [5.74, 6) is 2.03. The van der Waals surface area contributed by atoms with E-state index < -0.39 is 0 Å². The van der Waals surface area contributed by atoms with Crippen LogP contribution in [-0.2, 0) is 11.3 Å². The normalized spacial score (nSPS) is 22.7. The number of anilines is 2. The molecule has 0 spiro atoms. The number of aromatic nitrogens is 2. The van der Waals surface area contributed by atoms with Crippen LogP contribution in [0.25, 0.3) is 0 Å². The molecular formula is C17H25N5O. The zero-order valence-corrected chi connectivity index (χ0v) is 13.8. The molecule has 1 aromatic rings. The highest BCUT2D eigenvalue weighted by Gasteiger charge is 2.34. The molecule has 1 amide bonds. The SMILES string of the molecule is CN1CC(=O)N(C2CCC2)Cc2c(NC3CCCC3)ncnc21. The minimum atomic E-state index is 0.210. The molecule has 0 saturated heterocycles. The molecule has 0 aromatic carbocycles. The lowest BCUT2D eigenvalue weighted by Crippen LogP contribution is -2.45. The number of rotatable bonds is 3. The molecule has 2 heterocycles. The van der Waals surface area contributed by atoms with Gasteiger partial charge >= 0.3 is 0 Å². The molecule has 1 aliphatic heterocycles. The molecule has 6 heteroatoms. The zero-order valence-electron chi connectivity index (χ0n) is 13.8. The Morgan fingerprint density at radius 3 is 2.57 bits per heavy atom. The third-order valence-electron chi connectivity index (χ3n) is 5.52. The summed E-state index contributed by atoms with van der Waals surface area (Å²) in [5, 5.41) is 3.61. The predicted octanol–water partition coefficient (Wildman–Crippen LogP) is 2.16. The molecule has 124 valence electrons. The summed E-state index contributed by atoms with van der Waals surface area (Å²) in [7, 11) is 1.95. The van der Waals surface area contributed by atoms with E-state index in [-0.39, 0.29) is 5.91 Å². The Hall–Kier alpha value is -1.85. The van der Waals surface area contributed by atoms with Crippen molar-refractivity contribution < 1.29 is 4.79 Å². The molecule has 0 bridgehead atoms. The van der Waals surface area contributed by atoms with Crippen molar-refractivity contribution in [2.24, 2.45) is 0 Å². The van der Waals surface area contributed by atoms with E-state index in [0.717, 1.165) is 30.0 Å². The highest BCUT2D eigenvalue weighted by molar-refractivity contribution is 5.84. The first-order chi connectivity index (χ1) is 11.2. The van der Waals surface area contributed by atoms with Crippen LogP contribution >= 0.6 is 0 Å². The summed E-state index contributed by atoms with van der Waals surface area (Å²) in [4.78, 5) is 25.6. The number of hydrogen-bond acceptors (Lipinski definition) is 5. The van der Waals surface area contributed by atoms with Crippen molar-refractivity contribution in [3.63, 3.8) is 0 Å². The first kappa shape index (κ1) is 14.7. The van der Waals surface area contributed by atoms with Crippen molar-refractivity contribution in [2.75, 3.05) is 23.8 Å². The van der Waals surface area contributed by atoms with E-state index in [4.69, 9.17) is 0 Å². The van der Waals surface area contributed by atoms with Crippen molar-refractivity contribution in [1.82, 2.24) is 14.9 Å². The van der Waals surface area contributed by atoms with E-state index in [1.807, 2.05) is 11.9 Å².